The second-order valence-corrected chi connectivity index (χ2v) is 3.83. The van der Waals surface area contributed by atoms with E-state index in [0.29, 0.717) is 6.42 Å². The van der Waals surface area contributed by atoms with Crippen LogP contribution in [-0.2, 0) is 19.1 Å². The van der Waals surface area contributed by atoms with Crippen LogP contribution in [0.2, 0.25) is 0 Å². The maximum absolute atomic E-state index is 11.1. The molecule has 100 valence electrons. The summed E-state index contributed by atoms with van der Waals surface area (Å²) in [6.45, 7) is 4.36. The van der Waals surface area contributed by atoms with Crippen molar-refractivity contribution in [1.29, 1.82) is 0 Å². The molecule has 6 heteroatoms. The SMILES string of the molecule is CCCC(COC(=O)C(C)O)OC(=O)C(C)O. The van der Waals surface area contributed by atoms with E-state index in [1.54, 1.807) is 0 Å². The molecule has 0 aliphatic heterocycles. The minimum absolute atomic E-state index is 0.115. The normalized spacial score (nSPS) is 15.8. The molecule has 3 unspecified atom stereocenters. The van der Waals surface area contributed by atoms with Gasteiger partial charge < -0.3 is 19.7 Å². The standard InChI is InChI=1S/C11H20O6/c1-4-5-9(17-11(15)8(3)13)6-16-10(14)7(2)12/h7-9,12-13H,4-6H2,1-3H3. The summed E-state index contributed by atoms with van der Waals surface area (Å²) in [6.07, 6.45) is -1.74. The van der Waals surface area contributed by atoms with Crippen LogP contribution in [0, 0.1) is 0 Å². The highest BCUT2D eigenvalue weighted by atomic mass is 16.6. The van der Waals surface area contributed by atoms with E-state index in [4.69, 9.17) is 19.7 Å². The molecule has 0 saturated carbocycles. The summed E-state index contributed by atoms with van der Waals surface area (Å²) in [7, 11) is 0. The van der Waals surface area contributed by atoms with Gasteiger partial charge in [-0.2, -0.15) is 0 Å². The van der Waals surface area contributed by atoms with E-state index in [0.717, 1.165) is 6.42 Å². The molecule has 0 radical (unpaired) electrons. The van der Waals surface area contributed by atoms with E-state index in [1.807, 2.05) is 6.92 Å². The lowest BCUT2D eigenvalue weighted by atomic mass is 10.2. The average molecular weight is 248 g/mol. The molecule has 0 aliphatic rings. The predicted octanol–water partition coefficient (Wildman–Crippen LogP) is 0.00310. The molecule has 0 fully saturated rings. The zero-order valence-electron chi connectivity index (χ0n) is 10.4. The largest absolute Gasteiger partial charge is 0.460 e. The Kier molecular flexibility index (Phi) is 7.49. The third-order valence-corrected chi connectivity index (χ3v) is 1.99. The second kappa shape index (κ2) is 8.03. The molecule has 6 nitrogen and oxygen atoms in total. The number of hydrogen-bond acceptors (Lipinski definition) is 6. The molecule has 0 rings (SSSR count). The van der Waals surface area contributed by atoms with Gasteiger partial charge in [0.15, 0.2) is 0 Å². The van der Waals surface area contributed by atoms with Gasteiger partial charge in [-0.1, -0.05) is 13.3 Å². The van der Waals surface area contributed by atoms with Crippen LogP contribution >= 0.6 is 0 Å². The fraction of sp³-hybridized carbons (Fsp3) is 0.818. The highest BCUT2D eigenvalue weighted by Crippen LogP contribution is 2.05. The van der Waals surface area contributed by atoms with Crippen molar-refractivity contribution in [2.75, 3.05) is 6.61 Å². The number of esters is 2. The van der Waals surface area contributed by atoms with Crippen LogP contribution < -0.4 is 0 Å². The summed E-state index contributed by atoms with van der Waals surface area (Å²) >= 11 is 0. The molecule has 3 atom stereocenters. The van der Waals surface area contributed by atoms with E-state index in [2.05, 4.69) is 0 Å². The molecule has 0 aliphatic carbocycles. The van der Waals surface area contributed by atoms with Gasteiger partial charge in [-0.15, -0.1) is 0 Å². The fourth-order valence-electron chi connectivity index (χ4n) is 1.06. The number of rotatable bonds is 7. The minimum Gasteiger partial charge on any atom is -0.460 e. The van der Waals surface area contributed by atoms with Gasteiger partial charge in [0.25, 0.3) is 0 Å². The third kappa shape index (κ3) is 6.91. The number of carbonyl (C=O) groups excluding carboxylic acids is 2. The van der Waals surface area contributed by atoms with E-state index in [9.17, 15) is 9.59 Å². The van der Waals surface area contributed by atoms with Crippen LogP contribution in [0.3, 0.4) is 0 Å². The minimum atomic E-state index is -1.21. The molecule has 0 saturated heterocycles. The van der Waals surface area contributed by atoms with Crippen molar-refractivity contribution < 1.29 is 29.3 Å². The third-order valence-electron chi connectivity index (χ3n) is 1.99. The number of ether oxygens (including phenoxy) is 2. The number of hydrogen-bond donors (Lipinski definition) is 2. The second-order valence-electron chi connectivity index (χ2n) is 3.83. The van der Waals surface area contributed by atoms with E-state index >= 15 is 0 Å². The molecule has 0 aromatic carbocycles. The monoisotopic (exact) mass is 248 g/mol. The fourth-order valence-corrected chi connectivity index (χ4v) is 1.06. The van der Waals surface area contributed by atoms with Crippen molar-refractivity contribution >= 4 is 11.9 Å². The lowest BCUT2D eigenvalue weighted by Crippen LogP contribution is -2.31. The molecule has 0 spiro atoms. The quantitative estimate of drug-likeness (QED) is 0.616. The van der Waals surface area contributed by atoms with Crippen molar-refractivity contribution in [2.24, 2.45) is 0 Å². The van der Waals surface area contributed by atoms with Crippen LogP contribution in [0.25, 0.3) is 0 Å². The van der Waals surface area contributed by atoms with Crippen molar-refractivity contribution in [2.45, 2.75) is 51.9 Å². The summed E-state index contributed by atoms with van der Waals surface area (Å²) in [5.41, 5.74) is 0. The van der Waals surface area contributed by atoms with Gasteiger partial charge in [0.1, 0.15) is 24.9 Å². The van der Waals surface area contributed by atoms with Crippen molar-refractivity contribution in [1.82, 2.24) is 0 Å². The highest BCUT2D eigenvalue weighted by molar-refractivity contribution is 5.74. The molecule has 2 N–H and O–H groups in total. The van der Waals surface area contributed by atoms with E-state index < -0.39 is 30.3 Å². The summed E-state index contributed by atoms with van der Waals surface area (Å²) in [5.74, 6) is -1.52. The molecular formula is C11H20O6. The lowest BCUT2D eigenvalue weighted by Gasteiger charge is -2.18. The van der Waals surface area contributed by atoms with Crippen molar-refractivity contribution in [3.63, 3.8) is 0 Å². The lowest BCUT2D eigenvalue weighted by molar-refractivity contribution is -0.168. The van der Waals surface area contributed by atoms with E-state index in [-0.39, 0.29) is 6.61 Å². The Labute approximate surface area is 101 Å². The number of aliphatic hydroxyl groups is 2. The Morgan fingerprint density at radius 2 is 1.65 bits per heavy atom. The first kappa shape index (κ1) is 15.9. The Balaban J connectivity index is 4.15. The molecule has 0 heterocycles. The van der Waals surface area contributed by atoms with Gasteiger partial charge in [-0.3, -0.25) is 0 Å². The van der Waals surface area contributed by atoms with Crippen molar-refractivity contribution in [3.8, 4) is 0 Å². The van der Waals surface area contributed by atoms with Crippen LogP contribution in [0.4, 0.5) is 0 Å². The molecule has 0 bridgehead atoms. The zero-order chi connectivity index (χ0) is 13.4. The van der Waals surface area contributed by atoms with Gasteiger partial charge in [0, 0.05) is 0 Å². The zero-order valence-corrected chi connectivity index (χ0v) is 10.4. The van der Waals surface area contributed by atoms with Crippen LogP contribution in [-0.4, -0.2) is 47.1 Å². The molecular weight excluding hydrogens is 228 g/mol. The van der Waals surface area contributed by atoms with Gasteiger partial charge in [0.05, 0.1) is 0 Å². The van der Waals surface area contributed by atoms with Crippen LogP contribution in [0.15, 0.2) is 0 Å². The Hall–Kier alpha value is -1.14. The van der Waals surface area contributed by atoms with Crippen molar-refractivity contribution in [3.05, 3.63) is 0 Å². The van der Waals surface area contributed by atoms with Crippen LogP contribution in [0.5, 0.6) is 0 Å². The molecule has 0 amide bonds. The summed E-state index contributed by atoms with van der Waals surface area (Å²) < 4.78 is 9.69. The first-order valence-corrected chi connectivity index (χ1v) is 5.61. The topological polar surface area (TPSA) is 93.1 Å². The number of aliphatic hydroxyl groups excluding tert-OH is 2. The Morgan fingerprint density at radius 1 is 1.12 bits per heavy atom. The summed E-state index contributed by atoms with van der Waals surface area (Å²) in [6, 6.07) is 0. The van der Waals surface area contributed by atoms with E-state index in [1.165, 1.54) is 13.8 Å². The smallest absolute Gasteiger partial charge is 0.335 e. The molecule has 0 aromatic rings. The maximum atomic E-state index is 11.1. The Morgan fingerprint density at radius 3 is 2.06 bits per heavy atom. The van der Waals surface area contributed by atoms with Gasteiger partial charge in [0.2, 0.25) is 0 Å². The molecule has 17 heavy (non-hydrogen) atoms. The van der Waals surface area contributed by atoms with Gasteiger partial charge >= 0.3 is 11.9 Å². The van der Waals surface area contributed by atoms with Gasteiger partial charge in [-0.25, -0.2) is 9.59 Å². The molecule has 0 aromatic heterocycles. The predicted molar refractivity (Wildman–Crippen MR) is 59.1 cm³/mol. The average Bonchev–Trinajstić information content (AvgIpc) is 2.25. The first-order chi connectivity index (χ1) is 7.88. The van der Waals surface area contributed by atoms with Crippen LogP contribution in [0.1, 0.15) is 33.6 Å². The number of carbonyl (C=O) groups is 2. The highest BCUT2D eigenvalue weighted by Gasteiger charge is 2.20. The Bertz CT molecular complexity index is 248. The summed E-state index contributed by atoms with van der Waals surface area (Å²) in [5, 5.41) is 17.9. The van der Waals surface area contributed by atoms with Gasteiger partial charge in [-0.05, 0) is 20.3 Å². The summed E-state index contributed by atoms with van der Waals surface area (Å²) in [4.78, 5) is 22.2. The maximum Gasteiger partial charge on any atom is 0.335 e. The first-order valence-electron chi connectivity index (χ1n) is 5.61.